The van der Waals surface area contributed by atoms with Crippen LogP contribution >= 0.6 is 11.6 Å². The Bertz CT molecular complexity index is 674. The van der Waals surface area contributed by atoms with Crippen LogP contribution in [0.2, 0.25) is 5.15 Å². The van der Waals surface area contributed by atoms with Crippen LogP contribution in [0.1, 0.15) is 49.1 Å². The van der Waals surface area contributed by atoms with Crippen molar-refractivity contribution in [2.75, 3.05) is 0 Å². The molecule has 1 aliphatic heterocycles. The summed E-state index contributed by atoms with van der Waals surface area (Å²) in [6.07, 6.45) is 4.30. The third-order valence-corrected chi connectivity index (χ3v) is 4.86. The topological polar surface area (TPSA) is 60.6 Å². The second kappa shape index (κ2) is 7.01. The number of nitrogens with one attached hydrogen (secondary N) is 1. The molecule has 0 saturated carbocycles. The number of aryl methyl sites for hydroxylation is 4. The lowest BCUT2D eigenvalue weighted by Gasteiger charge is -2.23. The van der Waals surface area contributed by atoms with Crippen LogP contribution in [0.5, 0.6) is 0 Å². The third-order valence-electron chi connectivity index (χ3n) is 4.44. The minimum absolute atomic E-state index is 0.401. The first-order valence-electron chi connectivity index (χ1n) is 8.44. The molecular weight excluding hydrogens is 312 g/mol. The number of aromatic nitrogens is 5. The van der Waals surface area contributed by atoms with Gasteiger partial charge in [0.1, 0.15) is 16.8 Å². The van der Waals surface area contributed by atoms with E-state index in [4.69, 9.17) is 11.6 Å². The highest BCUT2D eigenvalue weighted by Gasteiger charge is 2.21. The average molecular weight is 337 g/mol. The van der Waals surface area contributed by atoms with Crippen molar-refractivity contribution in [3.05, 3.63) is 28.1 Å². The van der Waals surface area contributed by atoms with Crippen LogP contribution in [0.15, 0.2) is 0 Å². The number of hydrogen-bond acceptors (Lipinski definition) is 4. The predicted molar refractivity (Wildman–Crippen MR) is 90.6 cm³/mol. The lowest BCUT2D eigenvalue weighted by Crippen LogP contribution is -2.37. The molecule has 0 saturated heterocycles. The molecule has 0 fully saturated rings. The molecule has 3 heterocycles. The number of unbranched alkanes of at least 4 members (excludes halogenated alkanes) is 1. The van der Waals surface area contributed by atoms with Crippen molar-refractivity contribution in [3.63, 3.8) is 0 Å². The average Bonchev–Trinajstić information content (AvgIpc) is 3.02. The summed E-state index contributed by atoms with van der Waals surface area (Å²) in [6, 6.07) is 0.401. The quantitative estimate of drug-likeness (QED) is 0.881. The lowest BCUT2D eigenvalue weighted by atomic mass is 10.1. The highest BCUT2D eigenvalue weighted by atomic mass is 35.5. The summed E-state index contributed by atoms with van der Waals surface area (Å²) in [5.74, 6) is 1.96. The van der Waals surface area contributed by atoms with Gasteiger partial charge in [0.05, 0.1) is 12.2 Å². The molecule has 0 bridgehead atoms. The van der Waals surface area contributed by atoms with Crippen molar-refractivity contribution in [1.29, 1.82) is 0 Å². The van der Waals surface area contributed by atoms with E-state index in [-0.39, 0.29) is 0 Å². The van der Waals surface area contributed by atoms with Crippen LogP contribution in [0.4, 0.5) is 0 Å². The van der Waals surface area contributed by atoms with Gasteiger partial charge in [-0.3, -0.25) is 4.68 Å². The molecule has 6 nitrogen and oxygen atoms in total. The van der Waals surface area contributed by atoms with Gasteiger partial charge in [-0.25, -0.2) is 9.67 Å². The summed E-state index contributed by atoms with van der Waals surface area (Å²) in [4.78, 5) is 4.45. The largest absolute Gasteiger partial charge is 0.308 e. The first kappa shape index (κ1) is 16.5. The maximum atomic E-state index is 6.50. The molecule has 23 heavy (non-hydrogen) atoms. The molecule has 0 spiro atoms. The highest BCUT2D eigenvalue weighted by molar-refractivity contribution is 6.30. The van der Waals surface area contributed by atoms with Crippen LogP contribution in [0.3, 0.4) is 0 Å². The Morgan fingerprint density at radius 3 is 2.91 bits per heavy atom. The van der Waals surface area contributed by atoms with E-state index in [1.807, 2.05) is 23.2 Å². The molecule has 0 aromatic carbocycles. The van der Waals surface area contributed by atoms with E-state index >= 15 is 0 Å². The van der Waals surface area contributed by atoms with Crippen molar-refractivity contribution in [1.82, 2.24) is 29.9 Å². The zero-order valence-corrected chi connectivity index (χ0v) is 14.9. The van der Waals surface area contributed by atoms with Gasteiger partial charge in [0, 0.05) is 31.1 Å². The van der Waals surface area contributed by atoms with Gasteiger partial charge in [0.15, 0.2) is 0 Å². The Hall–Kier alpha value is -1.40. The normalized spacial score (nSPS) is 17.5. The summed E-state index contributed by atoms with van der Waals surface area (Å²) < 4.78 is 3.95. The fraction of sp³-hybridized carbons (Fsp3) is 0.688. The Morgan fingerprint density at radius 1 is 1.30 bits per heavy atom. The van der Waals surface area contributed by atoms with Gasteiger partial charge in [-0.1, -0.05) is 24.9 Å². The van der Waals surface area contributed by atoms with E-state index < -0.39 is 0 Å². The number of fused-ring (bicyclic) bond motifs is 1. The highest BCUT2D eigenvalue weighted by Crippen LogP contribution is 2.21. The second-order valence-electron chi connectivity index (χ2n) is 6.31. The summed E-state index contributed by atoms with van der Waals surface area (Å²) in [5.41, 5.74) is 2.13. The summed E-state index contributed by atoms with van der Waals surface area (Å²) >= 11 is 6.50. The van der Waals surface area contributed by atoms with Gasteiger partial charge in [0.2, 0.25) is 0 Å². The van der Waals surface area contributed by atoms with Crippen LogP contribution in [-0.4, -0.2) is 30.6 Å². The van der Waals surface area contributed by atoms with E-state index in [1.54, 1.807) is 0 Å². The van der Waals surface area contributed by atoms with E-state index in [0.717, 1.165) is 73.4 Å². The number of nitrogens with zero attached hydrogens (tertiary/aromatic N) is 5. The van der Waals surface area contributed by atoms with Crippen molar-refractivity contribution >= 4 is 11.6 Å². The van der Waals surface area contributed by atoms with Gasteiger partial charge in [-0.05, 0) is 26.7 Å². The zero-order chi connectivity index (χ0) is 16.4. The Morgan fingerprint density at radius 2 is 2.13 bits per heavy atom. The molecular formula is C16H25ClN6. The first-order chi connectivity index (χ1) is 11.1. The monoisotopic (exact) mass is 336 g/mol. The smallest absolute Gasteiger partial charge is 0.147 e. The molecule has 2 aromatic rings. The third kappa shape index (κ3) is 3.58. The van der Waals surface area contributed by atoms with Gasteiger partial charge < -0.3 is 5.32 Å². The minimum Gasteiger partial charge on any atom is -0.308 e. The van der Waals surface area contributed by atoms with E-state index in [0.29, 0.717) is 6.04 Å². The zero-order valence-electron chi connectivity index (χ0n) is 14.1. The van der Waals surface area contributed by atoms with Crippen molar-refractivity contribution in [2.24, 2.45) is 0 Å². The van der Waals surface area contributed by atoms with Gasteiger partial charge in [-0.15, -0.1) is 0 Å². The fourth-order valence-electron chi connectivity index (χ4n) is 3.09. The van der Waals surface area contributed by atoms with Crippen LogP contribution in [-0.2, 0) is 26.1 Å². The maximum Gasteiger partial charge on any atom is 0.147 e. The van der Waals surface area contributed by atoms with E-state index in [1.165, 1.54) is 0 Å². The Balaban J connectivity index is 1.62. The van der Waals surface area contributed by atoms with Crippen molar-refractivity contribution < 1.29 is 0 Å². The van der Waals surface area contributed by atoms with Crippen molar-refractivity contribution in [2.45, 2.75) is 72.1 Å². The van der Waals surface area contributed by atoms with Crippen LogP contribution in [0, 0.1) is 13.8 Å². The SMILES string of the molecule is CCCCn1nc(C)c(CN[C@H]2CCc3nc(C)nn3C2)c1Cl. The molecule has 2 aromatic heterocycles. The molecule has 1 N–H and O–H groups in total. The molecule has 7 heteroatoms. The molecule has 3 rings (SSSR count). The number of hydrogen-bond donors (Lipinski definition) is 1. The fourth-order valence-corrected chi connectivity index (χ4v) is 3.42. The molecule has 0 radical (unpaired) electrons. The van der Waals surface area contributed by atoms with E-state index in [2.05, 4.69) is 27.4 Å². The predicted octanol–water partition coefficient (Wildman–Crippen LogP) is 2.65. The van der Waals surface area contributed by atoms with Gasteiger partial charge in [0.25, 0.3) is 0 Å². The standard InChI is InChI=1S/C16H25ClN6/c1-4-5-8-22-16(17)14(11(2)20-22)9-18-13-6-7-15-19-12(3)21-23(15)10-13/h13,18H,4-10H2,1-3H3/t13-/m0/s1. The molecule has 0 aliphatic carbocycles. The van der Waals surface area contributed by atoms with Gasteiger partial charge >= 0.3 is 0 Å². The maximum absolute atomic E-state index is 6.50. The molecule has 126 valence electrons. The minimum atomic E-state index is 0.401. The lowest BCUT2D eigenvalue weighted by molar-refractivity contribution is 0.357. The summed E-state index contributed by atoms with van der Waals surface area (Å²) in [7, 11) is 0. The van der Waals surface area contributed by atoms with E-state index in [9.17, 15) is 0 Å². The molecule has 0 unspecified atom stereocenters. The summed E-state index contributed by atoms with van der Waals surface area (Å²) in [5, 5.41) is 13.4. The molecule has 1 atom stereocenters. The first-order valence-corrected chi connectivity index (χ1v) is 8.81. The van der Waals surface area contributed by atoms with Crippen LogP contribution in [0.25, 0.3) is 0 Å². The summed E-state index contributed by atoms with van der Waals surface area (Å²) in [6.45, 7) is 8.67. The number of rotatable bonds is 6. The molecule has 0 amide bonds. The Labute approximate surface area is 142 Å². The van der Waals surface area contributed by atoms with Crippen LogP contribution < -0.4 is 5.32 Å². The molecule has 1 aliphatic rings. The Kier molecular flexibility index (Phi) is 5.02. The number of halogens is 1. The second-order valence-corrected chi connectivity index (χ2v) is 6.66. The van der Waals surface area contributed by atoms with Gasteiger partial charge in [-0.2, -0.15) is 10.2 Å². The van der Waals surface area contributed by atoms with Crippen molar-refractivity contribution in [3.8, 4) is 0 Å².